The number of Topliss-reactive ketones (excluding diaryl/α,β-unsaturated/α-hetero) is 3. The molecule has 0 radical (unpaired) electrons. The van der Waals surface area contributed by atoms with Crippen LogP contribution in [0.25, 0.3) is 0 Å². The van der Waals surface area contributed by atoms with E-state index in [1.165, 1.54) is 0 Å². The van der Waals surface area contributed by atoms with E-state index in [1.54, 1.807) is 20.8 Å². The minimum Gasteiger partial charge on any atom is -0.510 e. The Hall–Kier alpha value is -1.45. The number of hydrogen-bond donors (Lipinski definition) is 1. The van der Waals surface area contributed by atoms with Gasteiger partial charge in [0.25, 0.3) is 0 Å². The second kappa shape index (κ2) is 4.09. The van der Waals surface area contributed by atoms with Crippen molar-refractivity contribution in [3.8, 4) is 0 Å². The van der Waals surface area contributed by atoms with Crippen LogP contribution in [0.4, 0.5) is 0 Å². The van der Waals surface area contributed by atoms with E-state index in [2.05, 4.69) is 13.8 Å². The molecule has 2 bridgehead atoms. The molecule has 4 nitrogen and oxygen atoms in total. The number of carbonyl (C=O) groups excluding carboxylic acids is 3. The lowest BCUT2D eigenvalue weighted by molar-refractivity contribution is -0.144. The van der Waals surface area contributed by atoms with E-state index in [-0.39, 0.29) is 40.1 Å². The van der Waals surface area contributed by atoms with Gasteiger partial charge in [0.15, 0.2) is 17.3 Å². The Morgan fingerprint density at radius 1 is 1.18 bits per heavy atom. The second-order valence-corrected chi connectivity index (χ2v) is 8.45. The number of aliphatic hydroxyl groups is 1. The molecule has 0 aromatic heterocycles. The maximum atomic E-state index is 13.1. The Bertz CT molecular complexity index is 639. The summed E-state index contributed by atoms with van der Waals surface area (Å²) in [5, 5.41) is 10.6. The van der Waals surface area contributed by atoms with Gasteiger partial charge in [0.2, 0.25) is 0 Å². The van der Waals surface area contributed by atoms with Gasteiger partial charge in [0.05, 0.1) is 10.8 Å². The molecule has 2 saturated carbocycles. The van der Waals surface area contributed by atoms with Crippen LogP contribution in [0.15, 0.2) is 11.3 Å². The number of allylic oxidation sites excluding steroid dienone is 2. The third-order valence-corrected chi connectivity index (χ3v) is 6.38. The van der Waals surface area contributed by atoms with E-state index in [0.29, 0.717) is 12.8 Å². The zero-order valence-electron chi connectivity index (χ0n) is 13.9. The maximum absolute atomic E-state index is 13.1. The summed E-state index contributed by atoms with van der Waals surface area (Å²) in [4.78, 5) is 38.6. The zero-order valence-corrected chi connectivity index (χ0v) is 13.9. The van der Waals surface area contributed by atoms with Gasteiger partial charge in [-0.15, -0.1) is 0 Å². The fraction of sp³-hybridized carbons (Fsp3) is 0.722. The predicted octanol–water partition coefficient (Wildman–Crippen LogP) is 3.01. The molecule has 1 spiro atoms. The first-order valence-electron chi connectivity index (χ1n) is 8.08. The molecule has 0 aromatic carbocycles. The average molecular weight is 304 g/mol. The van der Waals surface area contributed by atoms with Gasteiger partial charge < -0.3 is 5.11 Å². The van der Waals surface area contributed by atoms with Crippen LogP contribution in [0, 0.1) is 28.1 Å². The Morgan fingerprint density at radius 3 is 2.32 bits per heavy atom. The molecule has 2 fully saturated rings. The van der Waals surface area contributed by atoms with Crippen molar-refractivity contribution in [3.63, 3.8) is 0 Å². The Morgan fingerprint density at radius 2 is 1.77 bits per heavy atom. The molecule has 3 unspecified atom stereocenters. The van der Waals surface area contributed by atoms with E-state index < -0.39 is 16.6 Å². The van der Waals surface area contributed by atoms with E-state index in [4.69, 9.17) is 0 Å². The van der Waals surface area contributed by atoms with Crippen LogP contribution in [0.5, 0.6) is 0 Å². The van der Waals surface area contributed by atoms with Crippen molar-refractivity contribution in [2.45, 2.75) is 53.9 Å². The van der Waals surface area contributed by atoms with Gasteiger partial charge in [0.1, 0.15) is 11.3 Å². The maximum Gasteiger partial charge on any atom is 0.183 e. The summed E-state index contributed by atoms with van der Waals surface area (Å²) in [5.41, 5.74) is -2.38. The van der Waals surface area contributed by atoms with Gasteiger partial charge in [-0.2, -0.15) is 0 Å². The van der Waals surface area contributed by atoms with Crippen molar-refractivity contribution >= 4 is 17.3 Å². The van der Waals surface area contributed by atoms with Crippen LogP contribution >= 0.6 is 0 Å². The molecule has 3 atom stereocenters. The average Bonchev–Trinajstić information content (AvgIpc) is 2.80. The van der Waals surface area contributed by atoms with Crippen LogP contribution in [0.3, 0.4) is 0 Å². The number of carbonyl (C=O) groups is 3. The number of fused-ring (bicyclic) bond motifs is 1. The fourth-order valence-electron chi connectivity index (χ4n) is 4.95. The van der Waals surface area contributed by atoms with E-state index >= 15 is 0 Å². The molecular weight excluding hydrogens is 280 g/mol. The number of ketones is 3. The largest absolute Gasteiger partial charge is 0.510 e. The number of rotatable bonds is 2. The summed E-state index contributed by atoms with van der Waals surface area (Å²) in [7, 11) is 0. The lowest BCUT2D eigenvalue weighted by Gasteiger charge is -2.35. The van der Waals surface area contributed by atoms with Crippen molar-refractivity contribution in [1.82, 2.24) is 0 Å². The second-order valence-electron chi connectivity index (χ2n) is 8.45. The van der Waals surface area contributed by atoms with Gasteiger partial charge in [-0.1, -0.05) is 27.7 Å². The van der Waals surface area contributed by atoms with Crippen LogP contribution in [-0.2, 0) is 14.4 Å². The van der Waals surface area contributed by atoms with Gasteiger partial charge in [-0.05, 0) is 37.5 Å². The molecule has 3 aliphatic rings. The van der Waals surface area contributed by atoms with Crippen LogP contribution in [0.2, 0.25) is 0 Å². The van der Waals surface area contributed by atoms with E-state index in [0.717, 1.165) is 6.42 Å². The smallest absolute Gasteiger partial charge is 0.183 e. The first-order valence-corrected chi connectivity index (χ1v) is 8.08. The molecular formula is C18H24O4. The van der Waals surface area contributed by atoms with Gasteiger partial charge in [-0.3, -0.25) is 14.4 Å². The normalized spacial score (nSPS) is 39.6. The summed E-state index contributed by atoms with van der Waals surface area (Å²) >= 11 is 0. The van der Waals surface area contributed by atoms with Crippen molar-refractivity contribution < 1.29 is 19.5 Å². The van der Waals surface area contributed by atoms with Crippen LogP contribution in [0.1, 0.15) is 53.9 Å². The topological polar surface area (TPSA) is 71.4 Å². The first-order chi connectivity index (χ1) is 10.00. The third kappa shape index (κ3) is 1.46. The van der Waals surface area contributed by atoms with Crippen molar-refractivity contribution in [2.75, 3.05) is 0 Å². The van der Waals surface area contributed by atoms with E-state index in [9.17, 15) is 19.5 Å². The Kier molecular flexibility index (Phi) is 2.87. The lowest BCUT2D eigenvalue weighted by Crippen LogP contribution is -2.49. The summed E-state index contributed by atoms with van der Waals surface area (Å²) in [6.07, 6.45) is 1.76. The predicted molar refractivity (Wildman–Crippen MR) is 81.2 cm³/mol. The molecule has 3 rings (SSSR count). The van der Waals surface area contributed by atoms with Crippen molar-refractivity contribution in [3.05, 3.63) is 11.3 Å². The Balaban J connectivity index is 2.25. The highest BCUT2D eigenvalue weighted by Crippen LogP contribution is 2.69. The Labute approximate surface area is 131 Å². The highest BCUT2D eigenvalue weighted by atomic mass is 16.3. The molecule has 0 heterocycles. The van der Waals surface area contributed by atoms with E-state index in [1.807, 2.05) is 0 Å². The molecule has 0 aliphatic heterocycles. The SMILES string of the molecule is CC(C)C(=O)C1=C(O)C2(C)CC3C(C)(C)CCC3(C1=O)C2=O. The standard InChI is InChI=1S/C18H24O4/c1-9(2)12(19)11-13(20)17(5)8-10-16(3,4)6-7-18(10,14(11)21)15(17)22/h9-10,20H,6-8H2,1-5H3. The third-order valence-electron chi connectivity index (χ3n) is 6.38. The van der Waals surface area contributed by atoms with Gasteiger partial charge in [0, 0.05) is 5.92 Å². The summed E-state index contributed by atoms with van der Waals surface area (Å²) < 4.78 is 0. The van der Waals surface area contributed by atoms with Gasteiger partial charge in [-0.25, -0.2) is 0 Å². The molecule has 0 saturated heterocycles. The molecule has 120 valence electrons. The molecule has 1 N–H and O–H groups in total. The van der Waals surface area contributed by atoms with Gasteiger partial charge >= 0.3 is 0 Å². The van der Waals surface area contributed by atoms with Crippen LogP contribution in [-0.4, -0.2) is 22.5 Å². The molecule has 3 aliphatic carbocycles. The minimum atomic E-state index is -1.08. The van der Waals surface area contributed by atoms with Crippen molar-refractivity contribution in [2.24, 2.45) is 28.1 Å². The minimum absolute atomic E-state index is 0.0930. The molecule has 0 amide bonds. The quantitative estimate of drug-likeness (QED) is 0.629. The lowest BCUT2D eigenvalue weighted by atomic mass is 9.64. The summed E-state index contributed by atoms with van der Waals surface area (Å²) in [5.74, 6) is -1.67. The molecule has 22 heavy (non-hydrogen) atoms. The highest BCUT2D eigenvalue weighted by molar-refractivity contribution is 6.32. The molecule has 4 heteroatoms. The highest BCUT2D eigenvalue weighted by Gasteiger charge is 2.74. The fourth-order valence-corrected chi connectivity index (χ4v) is 4.95. The first kappa shape index (κ1) is 15.4. The summed E-state index contributed by atoms with van der Waals surface area (Å²) in [6.45, 7) is 9.28. The van der Waals surface area contributed by atoms with Crippen LogP contribution < -0.4 is 0 Å². The summed E-state index contributed by atoms with van der Waals surface area (Å²) in [6, 6.07) is 0. The monoisotopic (exact) mass is 304 g/mol. The number of hydrogen-bond acceptors (Lipinski definition) is 4. The molecule has 0 aromatic rings. The number of aliphatic hydroxyl groups excluding tert-OH is 1. The van der Waals surface area contributed by atoms with Crippen molar-refractivity contribution in [1.29, 1.82) is 0 Å². The zero-order chi connectivity index (χ0) is 16.7.